The van der Waals surface area contributed by atoms with Gasteiger partial charge in [0.1, 0.15) is 6.33 Å². The van der Waals surface area contributed by atoms with Crippen LogP contribution in [-0.2, 0) is 4.79 Å². The standard InChI is InChI=1S/C22H24ClN7O/c1-15-19(26-16(2)31)7-4-8-20(15)27-21-24-14-25-22(28-21)30-11-9-29(10-12-30)18-6-3-5-17(23)13-18/h3-8,13-14H,9-12H2,1-2H3,(H,26,31)(H,24,25,27,28). The van der Waals surface area contributed by atoms with Gasteiger partial charge in [0, 0.05) is 55.2 Å². The molecule has 2 heterocycles. The maximum atomic E-state index is 11.4. The number of carbonyl (C=O) groups excluding carboxylic acids is 1. The van der Waals surface area contributed by atoms with Crippen LogP contribution in [0.2, 0.25) is 5.02 Å². The lowest BCUT2D eigenvalue weighted by Crippen LogP contribution is -2.47. The molecule has 2 N–H and O–H groups in total. The van der Waals surface area contributed by atoms with E-state index in [4.69, 9.17) is 11.6 Å². The molecule has 31 heavy (non-hydrogen) atoms. The summed E-state index contributed by atoms with van der Waals surface area (Å²) in [5, 5.41) is 6.81. The first-order valence-electron chi connectivity index (χ1n) is 10.1. The van der Waals surface area contributed by atoms with E-state index in [1.54, 1.807) is 0 Å². The van der Waals surface area contributed by atoms with Crippen LogP contribution in [-0.4, -0.2) is 47.0 Å². The zero-order valence-corrected chi connectivity index (χ0v) is 18.2. The summed E-state index contributed by atoms with van der Waals surface area (Å²) in [4.78, 5) is 29.1. The Bertz CT molecular complexity index is 1080. The van der Waals surface area contributed by atoms with Crippen molar-refractivity contribution >= 4 is 46.5 Å². The first-order chi connectivity index (χ1) is 15.0. The molecule has 0 saturated carbocycles. The quantitative estimate of drug-likeness (QED) is 0.626. The number of carbonyl (C=O) groups is 1. The molecule has 0 aliphatic carbocycles. The van der Waals surface area contributed by atoms with Gasteiger partial charge in [-0.05, 0) is 42.8 Å². The van der Waals surface area contributed by atoms with Crippen LogP contribution in [0.5, 0.6) is 0 Å². The molecule has 0 radical (unpaired) electrons. The lowest BCUT2D eigenvalue weighted by molar-refractivity contribution is -0.114. The summed E-state index contributed by atoms with van der Waals surface area (Å²) in [6, 6.07) is 13.6. The SMILES string of the molecule is CC(=O)Nc1cccc(Nc2ncnc(N3CCN(c4cccc(Cl)c4)CC3)n2)c1C. The predicted octanol–water partition coefficient (Wildman–Crippen LogP) is 3.86. The minimum atomic E-state index is -0.111. The number of hydrogen-bond acceptors (Lipinski definition) is 7. The Labute approximate surface area is 186 Å². The number of rotatable bonds is 5. The molecule has 1 aliphatic heterocycles. The second kappa shape index (κ2) is 9.18. The summed E-state index contributed by atoms with van der Waals surface area (Å²) in [6.07, 6.45) is 1.51. The van der Waals surface area contributed by atoms with Crippen molar-refractivity contribution in [1.29, 1.82) is 0 Å². The molecule has 2 aromatic carbocycles. The van der Waals surface area contributed by atoms with E-state index in [1.807, 2.05) is 43.3 Å². The second-order valence-corrected chi connectivity index (χ2v) is 7.78. The van der Waals surface area contributed by atoms with Crippen molar-refractivity contribution in [1.82, 2.24) is 15.0 Å². The Kier molecular flexibility index (Phi) is 6.18. The summed E-state index contributed by atoms with van der Waals surface area (Å²) in [5.74, 6) is 0.990. The summed E-state index contributed by atoms with van der Waals surface area (Å²) >= 11 is 6.13. The van der Waals surface area contributed by atoms with Crippen molar-refractivity contribution in [2.75, 3.05) is 46.6 Å². The molecule has 0 atom stereocenters. The first kappa shape index (κ1) is 20.9. The lowest BCUT2D eigenvalue weighted by atomic mass is 10.1. The molecule has 4 rings (SSSR count). The third-order valence-electron chi connectivity index (χ3n) is 5.19. The largest absolute Gasteiger partial charge is 0.368 e. The number of halogens is 1. The number of nitrogens with one attached hydrogen (secondary N) is 2. The molecule has 160 valence electrons. The van der Waals surface area contributed by atoms with E-state index in [0.717, 1.165) is 53.8 Å². The number of benzene rings is 2. The maximum Gasteiger partial charge on any atom is 0.232 e. The molecule has 0 bridgehead atoms. The van der Waals surface area contributed by atoms with Crippen LogP contribution in [0, 0.1) is 6.92 Å². The van der Waals surface area contributed by atoms with Crippen molar-refractivity contribution in [2.45, 2.75) is 13.8 Å². The summed E-state index contributed by atoms with van der Waals surface area (Å²) in [5.41, 5.74) is 3.62. The highest BCUT2D eigenvalue weighted by atomic mass is 35.5. The average Bonchev–Trinajstić information content (AvgIpc) is 2.77. The highest BCUT2D eigenvalue weighted by molar-refractivity contribution is 6.30. The highest BCUT2D eigenvalue weighted by Crippen LogP contribution is 2.26. The van der Waals surface area contributed by atoms with Gasteiger partial charge in [0.15, 0.2) is 0 Å². The van der Waals surface area contributed by atoms with E-state index in [0.29, 0.717) is 11.9 Å². The van der Waals surface area contributed by atoms with Crippen LogP contribution >= 0.6 is 11.6 Å². The van der Waals surface area contributed by atoms with Crippen LogP contribution in [0.3, 0.4) is 0 Å². The molecule has 1 fully saturated rings. The van der Waals surface area contributed by atoms with E-state index in [2.05, 4.69) is 41.5 Å². The molecule has 1 aromatic heterocycles. The number of anilines is 5. The average molecular weight is 438 g/mol. The van der Waals surface area contributed by atoms with Crippen LogP contribution in [0.25, 0.3) is 0 Å². The number of piperazine rings is 1. The van der Waals surface area contributed by atoms with Crippen molar-refractivity contribution in [3.8, 4) is 0 Å². The molecular weight excluding hydrogens is 414 g/mol. The molecule has 1 amide bonds. The van der Waals surface area contributed by atoms with E-state index in [1.165, 1.54) is 13.3 Å². The van der Waals surface area contributed by atoms with E-state index < -0.39 is 0 Å². The Balaban J connectivity index is 1.44. The first-order valence-corrected chi connectivity index (χ1v) is 10.5. The van der Waals surface area contributed by atoms with Crippen LogP contribution < -0.4 is 20.4 Å². The summed E-state index contributed by atoms with van der Waals surface area (Å²) in [6.45, 7) is 6.73. The number of hydrogen-bond donors (Lipinski definition) is 2. The van der Waals surface area contributed by atoms with Crippen LogP contribution in [0.4, 0.5) is 29.0 Å². The smallest absolute Gasteiger partial charge is 0.232 e. The van der Waals surface area contributed by atoms with Crippen LogP contribution in [0.1, 0.15) is 12.5 Å². The molecule has 0 spiro atoms. The summed E-state index contributed by atoms with van der Waals surface area (Å²) in [7, 11) is 0. The minimum absolute atomic E-state index is 0.111. The number of amides is 1. The van der Waals surface area contributed by atoms with Crippen molar-refractivity contribution in [2.24, 2.45) is 0 Å². The Morgan fingerprint density at radius 2 is 1.71 bits per heavy atom. The fourth-order valence-corrected chi connectivity index (χ4v) is 3.74. The van der Waals surface area contributed by atoms with E-state index in [9.17, 15) is 4.79 Å². The molecule has 3 aromatic rings. The van der Waals surface area contributed by atoms with Gasteiger partial charge in [-0.3, -0.25) is 4.79 Å². The second-order valence-electron chi connectivity index (χ2n) is 7.35. The highest BCUT2D eigenvalue weighted by Gasteiger charge is 2.20. The molecule has 1 saturated heterocycles. The topological polar surface area (TPSA) is 86.3 Å². The Hall–Kier alpha value is -3.39. The third-order valence-corrected chi connectivity index (χ3v) is 5.42. The number of nitrogens with zero attached hydrogens (tertiary/aromatic N) is 5. The molecule has 9 heteroatoms. The van der Waals surface area contributed by atoms with Crippen molar-refractivity contribution in [3.05, 3.63) is 59.4 Å². The normalized spacial score (nSPS) is 13.8. The van der Waals surface area contributed by atoms with Crippen molar-refractivity contribution in [3.63, 3.8) is 0 Å². The van der Waals surface area contributed by atoms with Gasteiger partial charge in [-0.1, -0.05) is 23.7 Å². The molecule has 0 unspecified atom stereocenters. The Morgan fingerprint density at radius 1 is 1.00 bits per heavy atom. The summed E-state index contributed by atoms with van der Waals surface area (Å²) < 4.78 is 0. The van der Waals surface area contributed by atoms with E-state index >= 15 is 0 Å². The van der Waals surface area contributed by atoms with Crippen LogP contribution in [0.15, 0.2) is 48.8 Å². The van der Waals surface area contributed by atoms with Gasteiger partial charge in [0.05, 0.1) is 0 Å². The van der Waals surface area contributed by atoms with Gasteiger partial charge in [-0.15, -0.1) is 0 Å². The van der Waals surface area contributed by atoms with Gasteiger partial charge >= 0.3 is 0 Å². The van der Waals surface area contributed by atoms with Crippen molar-refractivity contribution < 1.29 is 4.79 Å². The molecule has 8 nitrogen and oxygen atoms in total. The number of aromatic nitrogens is 3. The molecule has 1 aliphatic rings. The zero-order valence-electron chi connectivity index (χ0n) is 17.5. The minimum Gasteiger partial charge on any atom is -0.368 e. The predicted molar refractivity (Wildman–Crippen MR) is 124 cm³/mol. The molecular formula is C22H24ClN7O. The van der Waals surface area contributed by atoms with Gasteiger partial charge in [0.2, 0.25) is 17.8 Å². The lowest BCUT2D eigenvalue weighted by Gasteiger charge is -2.36. The van der Waals surface area contributed by atoms with Gasteiger partial charge in [-0.25, -0.2) is 9.97 Å². The fraction of sp³-hybridized carbons (Fsp3) is 0.273. The maximum absolute atomic E-state index is 11.4. The Morgan fingerprint density at radius 3 is 2.45 bits per heavy atom. The van der Waals surface area contributed by atoms with E-state index in [-0.39, 0.29) is 5.91 Å². The zero-order chi connectivity index (χ0) is 21.8. The van der Waals surface area contributed by atoms with Gasteiger partial charge < -0.3 is 20.4 Å². The van der Waals surface area contributed by atoms with Gasteiger partial charge in [0.25, 0.3) is 0 Å². The van der Waals surface area contributed by atoms with Gasteiger partial charge in [-0.2, -0.15) is 4.98 Å². The monoisotopic (exact) mass is 437 g/mol. The third kappa shape index (κ3) is 5.03. The fourth-order valence-electron chi connectivity index (χ4n) is 3.55.